The summed E-state index contributed by atoms with van der Waals surface area (Å²) in [6.07, 6.45) is 0. The Balaban J connectivity index is 1.46. The van der Waals surface area contributed by atoms with E-state index in [1.165, 1.54) is 5.56 Å². The number of rotatable bonds is 9. The van der Waals surface area contributed by atoms with Crippen molar-refractivity contribution in [3.63, 3.8) is 0 Å². The summed E-state index contributed by atoms with van der Waals surface area (Å²) in [4.78, 5) is 12.5. The van der Waals surface area contributed by atoms with Crippen molar-refractivity contribution in [2.24, 2.45) is 0 Å². The summed E-state index contributed by atoms with van der Waals surface area (Å²) in [6, 6.07) is 25.1. The van der Waals surface area contributed by atoms with Crippen LogP contribution in [0.25, 0.3) is 0 Å². The van der Waals surface area contributed by atoms with Crippen molar-refractivity contribution in [2.45, 2.75) is 12.4 Å². The number of carbonyl (C=O) groups is 1. The second-order valence-electron chi connectivity index (χ2n) is 6.21. The number of halogens is 1. The maximum absolute atomic E-state index is 12.5. The van der Waals surface area contributed by atoms with E-state index in [0.717, 1.165) is 22.1 Å². The summed E-state index contributed by atoms with van der Waals surface area (Å²) >= 11 is 7.76. The van der Waals surface area contributed by atoms with Gasteiger partial charge in [-0.05, 0) is 35.4 Å². The van der Waals surface area contributed by atoms with Gasteiger partial charge in [-0.15, -0.1) is 0 Å². The number of thioether (sulfide) groups is 1. The van der Waals surface area contributed by atoms with Crippen LogP contribution in [0.1, 0.15) is 21.5 Å². The average Bonchev–Trinajstić information content (AvgIpc) is 2.73. The Bertz CT molecular complexity index is 902. The van der Waals surface area contributed by atoms with Crippen LogP contribution in [0.15, 0.2) is 78.9 Å². The van der Waals surface area contributed by atoms with Crippen LogP contribution in [0.3, 0.4) is 0 Å². The lowest BCUT2D eigenvalue weighted by atomic mass is 10.2. The standard InChI is InChI=1S/C23H22ClNO2S/c24-20-10-6-9-19(15-20)17-28-14-13-25-23(26)21-11-4-5-12-22(21)27-16-18-7-2-1-3-8-18/h1-12,15H,13-14,16-17H2,(H,25,26). The molecule has 0 radical (unpaired) electrons. The molecule has 5 heteroatoms. The Labute approximate surface area is 175 Å². The zero-order valence-electron chi connectivity index (χ0n) is 15.4. The first kappa shape index (κ1) is 20.3. The molecule has 144 valence electrons. The molecule has 0 unspecified atom stereocenters. The van der Waals surface area contributed by atoms with Crippen molar-refractivity contribution in [3.05, 3.63) is 101 Å². The summed E-state index contributed by atoms with van der Waals surface area (Å²) in [5, 5.41) is 3.72. The van der Waals surface area contributed by atoms with E-state index in [4.69, 9.17) is 16.3 Å². The number of benzene rings is 3. The Hall–Kier alpha value is -2.43. The minimum absolute atomic E-state index is 0.119. The van der Waals surface area contributed by atoms with E-state index >= 15 is 0 Å². The highest BCUT2D eigenvalue weighted by atomic mass is 35.5. The first-order valence-electron chi connectivity index (χ1n) is 9.08. The molecule has 28 heavy (non-hydrogen) atoms. The number of hydrogen-bond acceptors (Lipinski definition) is 3. The molecule has 1 N–H and O–H groups in total. The highest BCUT2D eigenvalue weighted by molar-refractivity contribution is 7.98. The zero-order chi connectivity index (χ0) is 19.6. The molecule has 3 nitrogen and oxygen atoms in total. The van der Waals surface area contributed by atoms with Crippen molar-refractivity contribution in [1.82, 2.24) is 5.32 Å². The van der Waals surface area contributed by atoms with Crippen molar-refractivity contribution < 1.29 is 9.53 Å². The molecule has 3 rings (SSSR count). The third-order valence-corrected chi connectivity index (χ3v) is 5.32. The first-order valence-corrected chi connectivity index (χ1v) is 10.6. The van der Waals surface area contributed by atoms with Gasteiger partial charge in [-0.25, -0.2) is 0 Å². The highest BCUT2D eigenvalue weighted by Gasteiger charge is 2.11. The van der Waals surface area contributed by atoms with Crippen LogP contribution in [0.5, 0.6) is 5.75 Å². The third kappa shape index (κ3) is 6.32. The number of ether oxygens (including phenoxy) is 1. The van der Waals surface area contributed by atoms with E-state index in [0.29, 0.717) is 24.5 Å². The molecule has 0 aliphatic heterocycles. The second kappa shape index (κ2) is 10.8. The Morgan fingerprint density at radius 2 is 1.68 bits per heavy atom. The van der Waals surface area contributed by atoms with Gasteiger partial charge in [0.05, 0.1) is 5.56 Å². The van der Waals surface area contributed by atoms with Crippen LogP contribution in [0.4, 0.5) is 0 Å². The second-order valence-corrected chi connectivity index (χ2v) is 7.75. The highest BCUT2D eigenvalue weighted by Crippen LogP contribution is 2.20. The SMILES string of the molecule is O=C(NCCSCc1cccc(Cl)c1)c1ccccc1OCc1ccccc1. The zero-order valence-corrected chi connectivity index (χ0v) is 17.0. The molecule has 0 bridgehead atoms. The summed E-state index contributed by atoms with van der Waals surface area (Å²) in [6.45, 7) is 1.03. The van der Waals surface area contributed by atoms with E-state index in [1.807, 2.05) is 66.7 Å². The van der Waals surface area contributed by atoms with Crippen LogP contribution in [0, 0.1) is 0 Å². The number of para-hydroxylation sites is 1. The summed E-state index contributed by atoms with van der Waals surface area (Å²) < 4.78 is 5.86. The molecule has 0 heterocycles. The number of carbonyl (C=O) groups excluding carboxylic acids is 1. The topological polar surface area (TPSA) is 38.3 Å². The van der Waals surface area contributed by atoms with Gasteiger partial charge in [-0.1, -0.05) is 66.2 Å². The molecular formula is C23H22ClNO2S. The minimum atomic E-state index is -0.119. The van der Waals surface area contributed by atoms with E-state index in [9.17, 15) is 4.79 Å². The van der Waals surface area contributed by atoms with Gasteiger partial charge in [0.25, 0.3) is 5.91 Å². The number of nitrogens with one attached hydrogen (secondary N) is 1. The molecule has 0 atom stereocenters. The quantitative estimate of drug-likeness (QED) is 0.467. The fraction of sp³-hybridized carbons (Fsp3) is 0.174. The number of amides is 1. The van der Waals surface area contributed by atoms with E-state index in [-0.39, 0.29) is 5.91 Å². The van der Waals surface area contributed by atoms with Gasteiger partial charge in [-0.3, -0.25) is 4.79 Å². The maximum atomic E-state index is 12.5. The maximum Gasteiger partial charge on any atom is 0.255 e. The molecule has 3 aromatic rings. The normalized spacial score (nSPS) is 10.5. The lowest BCUT2D eigenvalue weighted by molar-refractivity contribution is 0.0951. The fourth-order valence-corrected chi connectivity index (χ4v) is 3.68. The van der Waals surface area contributed by atoms with Gasteiger partial charge in [0.2, 0.25) is 0 Å². The first-order chi connectivity index (χ1) is 13.7. The van der Waals surface area contributed by atoms with E-state index in [2.05, 4.69) is 11.4 Å². The fourth-order valence-electron chi connectivity index (χ4n) is 2.66. The molecule has 0 aliphatic carbocycles. The summed E-state index contributed by atoms with van der Waals surface area (Å²) in [5.74, 6) is 2.17. The molecule has 0 spiro atoms. The lowest BCUT2D eigenvalue weighted by Gasteiger charge is -2.12. The van der Waals surface area contributed by atoms with Crippen molar-refractivity contribution in [3.8, 4) is 5.75 Å². The third-order valence-electron chi connectivity index (χ3n) is 4.06. The van der Waals surface area contributed by atoms with Crippen molar-refractivity contribution >= 4 is 29.3 Å². The van der Waals surface area contributed by atoms with E-state index < -0.39 is 0 Å². The molecule has 0 saturated heterocycles. The molecule has 0 aromatic heterocycles. The largest absolute Gasteiger partial charge is 0.488 e. The van der Waals surface area contributed by atoms with Gasteiger partial charge in [0.1, 0.15) is 12.4 Å². The van der Waals surface area contributed by atoms with Gasteiger partial charge < -0.3 is 10.1 Å². The van der Waals surface area contributed by atoms with Crippen LogP contribution < -0.4 is 10.1 Å². The van der Waals surface area contributed by atoms with Gasteiger partial charge >= 0.3 is 0 Å². The Morgan fingerprint density at radius 1 is 0.929 bits per heavy atom. The Kier molecular flexibility index (Phi) is 7.82. The van der Waals surface area contributed by atoms with Crippen LogP contribution in [-0.4, -0.2) is 18.2 Å². The summed E-state index contributed by atoms with van der Waals surface area (Å²) in [5.41, 5.74) is 2.80. The van der Waals surface area contributed by atoms with Gasteiger partial charge in [0.15, 0.2) is 0 Å². The number of hydrogen-bond donors (Lipinski definition) is 1. The molecule has 0 saturated carbocycles. The minimum Gasteiger partial charge on any atom is -0.488 e. The molecule has 1 amide bonds. The average molecular weight is 412 g/mol. The molecular weight excluding hydrogens is 390 g/mol. The molecule has 0 fully saturated rings. The van der Waals surface area contributed by atoms with Crippen LogP contribution >= 0.6 is 23.4 Å². The van der Waals surface area contributed by atoms with Gasteiger partial charge in [0, 0.05) is 23.1 Å². The van der Waals surface area contributed by atoms with Crippen molar-refractivity contribution in [2.75, 3.05) is 12.3 Å². The monoisotopic (exact) mass is 411 g/mol. The smallest absolute Gasteiger partial charge is 0.255 e. The molecule has 0 aliphatic rings. The predicted octanol–water partition coefficient (Wildman–Crippen LogP) is 5.58. The van der Waals surface area contributed by atoms with E-state index in [1.54, 1.807) is 17.8 Å². The van der Waals surface area contributed by atoms with Crippen LogP contribution in [0.2, 0.25) is 5.02 Å². The summed E-state index contributed by atoms with van der Waals surface area (Å²) in [7, 11) is 0. The lowest BCUT2D eigenvalue weighted by Crippen LogP contribution is -2.26. The molecule has 3 aromatic carbocycles. The Morgan fingerprint density at radius 3 is 2.50 bits per heavy atom. The van der Waals surface area contributed by atoms with Crippen molar-refractivity contribution in [1.29, 1.82) is 0 Å². The predicted molar refractivity (Wildman–Crippen MR) is 117 cm³/mol. The van der Waals surface area contributed by atoms with Gasteiger partial charge in [-0.2, -0.15) is 11.8 Å². The van der Waals surface area contributed by atoms with Crippen LogP contribution in [-0.2, 0) is 12.4 Å².